The summed E-state index contributed by atoms with van der Waals surface area (Å²) < 4.78 is 12.4. The van der Waals surface area contributed by atoms with Crippen molar-refractivity contribution in [1.29, 1.82) is 0 Å². The average Bonchev–Trinajstić information content (AvgIpc) is 3.36. The molecule has 0 unspecified atom stereocenters. The molecular formula is C29H42N2O2. The second-order valence-electron chi connectivity index (χ2n) is 9.71. The summed E-state index contributed by atoms with van der Waals surface area (Å²) in [5.74, 6) is 2.00. The van der Waals surface area contributed by atoms with Gasteiger partial charge in [-0.2, -0.15) is 0 Å². The number of ether oxygens (including phenoxy) is 2. The van der Waals surface area contributed by atoms with E-state index in [0.29, 0.717) is 0 Å². The fraction of sp³-hybridized carbons (Fsp3) is 0.586. The average molecular weight is 451 g/mol. The Labute approximate surface area is 200 Å². The van der Waals surface area contributed by atoms with Crippen LogP contribution in [0.15, 0.2) is 36.4 Å². The van der Waals surface area contributed by atoms with E-state index >= 15 is 0 Å². The Morgan fingerprint density at radius 2 is 1.03 bits per heavy atom. The molecule has 4 nitrogen and oxygen atoms in total. The topological polar surface area (TPSA) is 24.9 Å². The van der Waals surface area contributed by atoms with Gasteiger partial charge in [-0.25, -0.2) is 0 Å². The molecule has 0 radical (unpaired) electrons. The highest BCUT2D eigenvalue weighted by Crippen LogP contribution is 2.35. The molecule has 0 aromatic heterocycles. The van der Waals surface area contributed by atoms with Gasteiger partial charge in [-0.05, 0) is 113 Å². The van der Waals surface area contributed by atoms with Gasteiger partial charge in [0.05, 0.1) is 13.2 Å². The molecule has 2 aliphatic heterocycles. The van der Waals surface area contributed by atoms with Crippen molar-refractivity contribution in [3.63, 3.8) is 0 Å². The minimum atomic E-state index is 0.778. The Kier molecular flexibility index (Phi) is 9.08. The molecule has 2 aromatic rings. The van der Waals surface area contributed by atoms with Crippen LogP contribution in [-0.4, -0.2) is 62.3 Å². The first-order valence-corrected chi connectivity index (χ1v) is 13.1. The lowest BCUT2D eigenvalue weighted by Crippen LogP contribution is -2.31. The number of hydrogen-bond acceptors (Lipinski definition) is 4. The molecule has 0 saturated carbocycles. The zero-order valence-corrected chi connectivity index (χ0v) is 20.8. The molecule has 4 rings (SSSR count). The van der Waals surface area contributed by atoms with Crippen molar-refractivity contribution in [3.8, 4) is 22.6 Å². The van der Waals surface area contributed by atoms with Crippen LogP contribution in [0.3, 0.4) is 0 Å². The molecule has 4 heteroatoms. The summed E-state index contributed by atoms with van der Waals surface area (Å²) in [5, 5.41) is 0. The van der Waals surface area contributed by atoms with Crippen LogP contribution in [0, 0.1) is 13.8 Å². The fourth-order valence-corrected chi connectivity index (χ4v) is 5.26. The maximum atomic E-state index is 6.23. The highest BCUT2D eigenvalue weighted by Gasteiger charge is 2.14. The molecule has 33 heavy (non-hydrogen) atoms. The van der Waals surface area contributed by atoms with Gasteiger partial charge in [0, 0.05) is 13.1 Å². The third-order valence-electron chi connectivity index (χ3n) is 7.26. The lowest BCUT2D eigenvalue weighted by Gasteiger charge is -2.26. The van der Waals surface area contributed by atoms with Crippen LogP contribution >= 0.6 is 0 Å². The van der Waals surface area contributed by atoms with Gasteiger partial charge >= 0.3 is 0 Å². The summed E-state index contributed by atoms with van der Waals surface area (Å²) in [6, 6.07) is 12.8. The normalized spacial score (nSPS) is 17.4. The molecule has 0 spiro atoms. The monoisotopic (exact) mass is 450 g/mol. The highest BCUT2D eigenvalue weighted by atomic mass is 16.5. The summed E-state index contributed by atoms with van der Waals surface area (Å²) in [6.45, 7) is 13.2. The SMILES string of the molecule is Cc1c(OCCCN2CCCCC2)cccc1-c1cccc(OCCCN2CCCC2)c1C. The molecule has 0 N–H and O–H groups in total. The minimum absolute atomic E-state index is 0.778. The van der Waals surface area contributed by atoms with E-state index in [1.165, 1.54) is 80.5 Å². The van der Waals surface area contributed by atoms with Crippen LogP contribution < -0.4 is 9.47 Å². The van der Waals surface area contributed by atoms with Crippen LogP contribution in [0.2, 0.25) is 0 Å². The molecular weight excluding hydrogens is 408 g/mol. The van der Waals surface area contributed by atoms with Gasteiger partial charge in [0.15, 0.2) is 0 Å². The largest absolute Gasteiger partial charge is 0.493 e. The summed E-state index contributed by atoms with van der Waals surface area (Å²) >= 11 is 0. The Balaban J connectivity index is 1.33. The van der Waals surface area contributed by atoms with Gasteiger partial charge in [-0.3, -0.25) is 0 Å². The number of piperidine rings is 1. The maximum absolute atomic E-state index is 6.23. The second-order valence-corrected chi connectivity index (χ2v) is 9.71. The number of rotatable bonds is 11. The van der Waals surface area contributed by atoms with Crippen molar-refractivity contribution in [2.75, 3.05) is 52.5 Å². The standard InChI is InChI=1S/C29H42N2O2/c1-24-26(12-8-14-28(24)32-22-10-20-30-16-4-3-5-17-30)27-13-9-15-29(25(27)2)33-23-11-21-31-18-6-7-19-31/h8-9,12-15H,3-7,10-11,16-23H2,1-2H3. The molecule has 0 bridgehead atoms. The maximum Gasteiger partial charge on any atom is 0.122 e. The molecule has 0 aliphatic carbocycles. The second kappa shape index (κ2) is 12.4. The quantitative estimate of drug-likeness (QED) is 0.387. The number of benzene rings is 2. The molecule has 2 fully saturated rings. The first-order chi connectivity index (χ1) is 16.2. The molecule has 2 heterocycles. The summed E-state index contributed by atoms with van der Waals surface area (Å²) in [4.78, 5) is 5.13. The van der Waals surface area contributed by atoms with Crippen molar-refractivity contribution < 1.29 is 9.47 Å². The van der Waals surface area contributed by atoms with Crippen molar-refractivity contribution in [1.82, 2.24) is 9.80 Å². The van der Waals surface area contributed by atoms with Gasteiger partial charge in [-0.15, -0.1) is 0 Å². The van der Waals surface area contributed by atoms with Crippen molar-refractivity contribution in [2.24, 2.45) is 0 Å². The lowest BCUT2D eigenvalue weighted by atomic mass is 9.95. The molecule has 0 atom stereocenters. The van der Waals surface area contributed by atoms with Crippen molar-refractivity contribution in [2.45, 2.75) is 58.8 Å². The molecule has 2 saturated heterocycles. The Hall–Kier alpha value is -2.04. The molecule has 180 valence electrons. The van der Waals surface area contributed by atoms with E-state index in [2.05, 4.69) is 60.0 Å². The zero-order valence-electron chi connectivity index (χ0n) is 20.8. The third-order valence-corrected chi connectivity index (χ3v) is 7.26. The first kappa shape index (κ1) is 24.1. The third kappa shape index (κ3) is 6.74. The van der Waals surface area contributed by atoms with Crippen LogP contribution in [0.4, 0.5) is 0 Å². The lowest BCUT2D eigenvalue weighted by molar-refractivity contribution is 0.204. The van der Waals surface area contributed by atoms with Crippen molar-refractivity contribution >= 4 is 0 Å². The van der Waals surface area contributed by atoms with E-state index in [9.17, 15) is 0 Å². The van der Waals surface area contributed by atoms with E-state index in [0.717, 1.165) is 50.6 Å². The fourth-order valence-electron chi connectivity index (χ4n) is 5.26. The Morgan fingerprint density at radius 3 is 1.48 bits per heavy atom. The van der Waals surface area contributed by atoms with Crippen molar-refractivity contribution in [3.05, 3.63) is 47.5 Å². The van der Waals surface area contributed by atoms with Gasteiger partial charge in [-0.1, -0.05) is 30.7 Å². The number of hydrogen-bond donors (Lipinski definition) is 0. The summed E-state index contributed by atoms with van der Waals surface area (Å²) in [5.41, 5.74) is 4.90. The molecule has 2 aromatic carbocycles. The van der Waals surface area contributed by atoms with E-state index in [4.69, 9.17) is 9.47 Å². The van der Waals surface area contributed by atoms with Crippen LogP contribution in [0.1, 0.15) is 56.1 Å². The minimum Gasteiger partial charge on any atom is -0.493 e. The smallest absolute Gasteiger partial charge is 0.122 e. The summed E-state index contributed by atoms with van der Waals surface area (Å²) in [6.07, 6.45) is 8.96. The van der Waals surface area contributed by atoms with Gasteiger partial charge < -0.3 is 19.3 Å². The Morgan fingerprint density at radius 1 is 0.606 bits per heavy atom. The van der Waals surface area contributed by atoms with E-state index in [1.807, 2.05) is 0 Å². The van der Waals surface area contributed by atoms with Gasteiger partial charge in [0.25, 0.3) is 0 Å². The van der Waals surface area contributed by atoms with E-state index in [-0.39, 0.29) is 0 Å². The van der Waals surface area contributed by atoms with Crippen LogP contribution in [0.5, 0.6) is 11.5 Å². The van der Waals surface area contributed by atoms with E-state index in [1.54, 1.807) is 0 Å². The first-order valence-electron chi connectivity index (χ1n) is 13.1. The van der Waals surface area contributed by atoms with Gasteiger partial charge in [0.2, 0.25) is 0 Å². The van der Waals surface area contributed by atoms with Crippen LogP contribution in [0.25, 0.3) is 11.1 Å². The molecule has 0 amide bonds. The predicted octanol–water partition coefficient (Wildman–Crippen LogP) is 6.09. The Bertz CT molecular complexity index is 870. The summed E-state index contributed by atoms with van der Waals surface area (Å²) in [7, 11) is 0. The number of likely N-dealkylation sites (tertiary alicyclic amines) is 2. The van der Waals surface area contributed by atoms with Gasteiger partial charge in [0.1, 0.15) is 11.5 Å². The zero-order chi connectivity index (χ0) is 22.9. The van der Waals surface area contributed by atoms with E-state index < -0.39 is 0 Å². The highest BCUT2D eigenvalue weighted by molar-refractivity contribution is 5.74. The predicted molar refractivity (Wildman–Crippen MR) is 138 cm³/mol. The molecule has 2 aliphatic rings. The number of nitrogens with zero attached hydrogens (tertiary/aromatic N) is 2. The van der Waals surface area contributed by atoms with Crippen LogP contribution in [-0.2, 0) is 0 Å².